The number of carbonyl (C=O) groups is 2. The van der Waals surface area contributed by atoms with E-state index in [4.69, 9.17) is 17.3 Å². The third-order valence-electron chi connectivity index (χ3n) is 4.73. The highest BCUT2D eigenvalue weighted by Crippen LogP contribution is 2.41. The molecule has 4 nitrogen and oxygen atoms in total. The molecule has 1 atom stereocenters. The number of amides is 2. The molecule has 0 saturated carbocycles. The highest BCUT2D eigenvalue weighted by molar-refractivity contribution is 7.22. The van der Waals surface area contributed by atoms with E-state index < -0.39 is 5.91 Å². The van der Waals surface area contributed by atoms with Crippen molar-refractivity contribution < 1.29 is 9.59 Å². The summed E-state index contributed by atoms with van der Waals surface area (Å²) < 4.78 is 0.956. The first-order valence-corrected chi connectivity index (χ1v) is 10.4. The topological polar surface area (TPSA) is 72.2 Å². The fourth-order valence-electron chi connectivity index (χ4n) is 3.42. The second kappa shape index (κ2) is 6.68. The minimum Gasteiger partial charge on any atom is -0.365 e. The molecular weight excluding hydrogens is 388 g/mol. The number of rotatable bonds is 3. The zero-order valence-electron chi connectivity index (χ0n) is 14.1. The van der Waals surface area contributed by atoms with Gasteiger partial charge < -0.3 is 11.1 Å². The summed E-state index contributed by atoms with van der Waals surface area (Å²) in [6.07, 6.45) is 2.77. The zero-order valence-corrected chi connectivity index (χ0v) is 16.5. The van der Waals surface area contributed by atoms with E-state index in [9.17, 15) is 9.59 Å². The molecule has 0 bridgehead atoms. The minimum absolute atomic E-state index is 0.301. The van der Waals surface area contributed by atoms with Crippen molar-refractivity contribution in [2.24, 2.45) is 11.7 Å². The van der Waals surface area contributed by atoms with Crippen LogP contribution in [0.25, 0.3) is 10.1 Å². The number of hydrogen-bond donors (Lipinski definition) is 2. The van der Waals surface area contributed by atoms with Crippen molar-refractivity contribution in [1.29, 1.82) is 0 Å². The molecule has 1 aliphatic carbocycles. The fourth-order valence-corrected chi connectivity index (χ4v) is 6.24. The summed E-state index contributed by atoms with van der Waals surface area (Å²) in [6.45, 7) is 2.20. The van der Waals surface area contributed by atoms with Crippen LogP contribution in [-0.4, -0.2) is 11.8 Å². The van der Waals surface area contributed by atoms with Crippen molar-refractivity contribution in [3.8, 4) is 0 Å². The van der Waals surface area contributed by atoms with E-state index >= 15 is 0 Å². The van der Waals surface area contributed by atoms with Gasteiger partial charge in [-0.3, -0.25) is 9.59 Å². The number of anilines is 1. The van der Waals surface area contributed by atoms with Crippen molar-refractivity contribution in [1.82, 2.24) is 0 Å². The predicted octanol–water partition coefficient (Wildman–Crippen LogP) is 5.09. The van der Waals surface area contributed by atoms with Crippen LogP contribution >= 0.6 is 34.3 Å². The van der Waals surface area contributed by atoms with Gasteiger partial charge in [0.2, 0.25) is 0 Å². The molecule has 1 aliphatic rings. The third kappa shape index (κ3) is 2.92. The summed E-state index contributed by atoms with van der Waals surface area (Å²) in [6, 6.07) is 7.63. The van der Waals surface area contributed by atoms with Crippen molar-refractivity contribution in [2.75, 3.05) is 5.32 Å². The Morgan fingerprint density at radius 2 is 2.04 bits per heavy atom. The van der Waals surface area contributed by atoms with Gasteiger partial charge in [0.05, 0.1) is 10.6 Å². The van der Waals surface area contributed by atoms with E-state index in [1.165, 1.54) is 22.7 Å². The molecule has 2 amide bonds. The SMILES string of the molecule is C[C@@H]1CCc2c(sc(NC(=O)c3sc4ccccc4c3Cl)c2C(N)=O)C1. The van der Waals surface area contributed by atoms with Crippen LogP contribution in [0.5, 0.6) is 0 Å². The molecule has 7 heteroatoms. The van der Waals surface area contributed by atoms with Crippen molar-refractivity contribution >= 4 is 61.2 Å². The average Bonchev–Trinajstić information content (AvgIpc) is 3.12. The van der Waals surface area contributed by atoms with Gasteiger partial charge in [-0.05, 0) is 36.8 Å². The fraction of sp³-hybridized carbons (Fsp3) is 0.263. The lowest BCUT2D eigenvalue weighted by Crippen LogP contribution is -2.19. The van der Waals surface area contributed by atoms with Crippen molar-refractivity contribution in [2.45, 2.75) is 26.2 Å². The molecule has 2 heterocycles. The number of nitrogens with two attached hydrogens (primary N) is 1. The number of hydrogen-bond acceptors (Lipinski definition) is 4. The zero-order chi connectivity index (χ0) is 18.4. The maximum Gasteiger partial charge on any atom is 0.267 e. The Labute approximate surface area is 164 Å². The summed E-state index contributed by atoms with van der Waals surface area (Å²) >= 11 is 9.21. The van der Waals surface area contributed by atoms with Gasteiger partial charge >= 0.3 is 0 Å². The third-order valence-corrected chi connectivity index (χ3v) is 7.57. The number of carbonyl (C=O) groups excluding carboxylic acids is 2. The Hall–Kier alpha value is -1.89. The summed E-state index contributed by atoms with van der Waals surface area (Å²) in [7, 11) is 0. The summed E-state index contributed by atoms with van der Waals surface area (Å²) in [5, 5.41) is 4.73. The summed E-state index contributed by atoms with van der Waals surface area (Å²) in [5.41, 5.74) is 7.08. The Bertz CT molecular complexity index is 1040. The van der Waals surface area contributed by atoms with Crippen LogP contribution in [0.4, 0.5) is 5.00 Å². The normalized spacial score (nSPS) is 16.5. The number of fused-ring (bicyclic) bond motifs is 2. The molecule has 0 spiro atoms. The maximum absolute atomic E-state index is 12.8. The van der Waals surface area contributed by atoms with Gasteiger partial charge in [0.25, 0.3) is 11.8 Å². The molecule has 4 rings (SSSR count). The van der Waals surface area contributed by atoms with Crippen LogP contribution in [0.15, 0.2) is 24.3 Å². The van der Waals surface area contributed by atoms with E-state index in [1.54, 1.807) is 0 Å². The Morgan fingerprint density at radius 3 is 2.77 bits per heavy atom. The largest absolute Gasteiger partial charge is 0.365 e. The number of benzene rings is 1. The molecule has 1 aromatic carbocycles. The molecule has 0 radical (unpaired) electrons. The first kappa shape index (κ1) is 17.5. The second-order valence-corrected chi connectivity index (χ2v) is 9.15. The average molecular weight is 405 g/mol. The van der Waals surface area contributed by atoms with Crippen LogP contribution in [0.2, 0.25) is 5.02 Å². The van der Waals surface area contributed by atoms with E-state index in [0.29, 0.717) is 26.4 Å². The lowest BCUT2D eigenvalue weighted by atomic mass is 9.88. The lowest BCUT2D eigenvalue weighted by Gasteiger charge is -2.18. The van der Waals surface area contributed by atoms with Crippen LogP contribution in [0.1, 0.15) is 43.8 Å². The minimum atomic E-state index is -0.491. The van der Waals surface area contributed by atoms with Crippen LogP contribution in [-0.2, 0) is 12.8 Å². The van der Waals surface area contributed by atoms with Gasteiger partial charge in [0, 0.05) is 15.0 Å². The lowest BCUT2D eigenvalue weighted by molar-refractivity contribution is 0.1000. The van der Waals surface area contributed by atoms with E-state index in [1.807, 2.05) is 24.3 Å². The smallest absolute Gasteiger partial charge is 0.267 e. The molecule has 0 aliphatic heterocycles. The van der Waals surface area contributed by atoms with Crippen molar-refractivity contribution in [3.63, 3.8) is 0 Å². The molecule has 0 unspecified atom stereocenters. The van der Waals surface area contributed by atoms with E-state index in [0.717, 1.165) is 39.8 Å². The van der Waals surface area contributed by atoms with Crippen LogP contribution in [0, 0.1) is 5.92 Å². The van der Waals surface area contributed by atoms with Gasteiger partial charge in [0.15, 0.2) is 0 Å². The van der Waals surface area contributed by atoms with Gasteiger partial charge in [-0.2, -0.15) is 0 Å². The molecule has 134 valence electrons. The molecular formula is C19H17ClN2O2S2. The molecule has 3 aromatic rings. The van der Waals surface area contributed by atoms with Crippen LogP contribution in [0.3, 0.4) is 0 Å². The quantitative estimate of drug-likeness (QED) is 0.637. The molecule has 2 aromatic heterocycles. The Morgan fingerprint density at radius 1 is 1.27 bits per heavy atom. The maximum atomic E-state index is 12.8. The Balaban J connectivity index is 1.71. The molecule has 0 fully saturated rings. The van der Waals surface area contributed by atoms with Gasteiger partial charge in [-0.25, -0.2) is 0 Å². The number of halogens is 1. The monoisotopic (exact) mass is 404 g/mol. The molecule has 26 heavy (non-hydrogen) atoms. The van der Waals surface area contributed by atoms with Crippen LogP contribution < -0.4 is 11.1 Å². The molecule has 0 saturated heterocycles. The van der Waals surface area contributed by atoms with E-state index in [-0.39, 0.29) is 5.91 Å². The standard InChI is InChI=1S/C19H17ClN2O2S2/c1-9-6-7-10-13(8-9)26-19(14(10)17(21)23)22-18(24)16-15(20)11-4-2-3-5-12(11)25-16/h2-5,9H,6-8H2,1H3,(H2,21,23)(H,22,24)/t9-/m1/s1. The van der Waals surface area contributed by atoms with Crippen molar-refractivity contribution in [3.05, 3.63) is 50.2 Å². The summed E-state index contributed by atoms with van der Waals surface area (Å²) in [4.78, 5) is 26.4. The predicted molar refractivity (Wildman–Crippen MR) is 109 cm³/mol. The highest BCUT2D eigenvalue weighted by atomic mass is 35.5. The first-order chi connectivity index (χ1) is 12.5. The van der Waals surface area contributed by atoms with Gasteiger partial charge in [-0.15, -0.1) is 22.7 Å². The second-order valence-electron chi connectivity index (χ2n) is 6.62. The van der Waals surface area contributed by atoms with Gasteiger partial charge in [0.1, 0.15) is 9.88 Å². The Kier molecular flexibility index (Phi) is 4.50. The number of primary amides is 1. The number of nitrogens with one attached hydrogen (secondary N) is 1. The first-order valence-electron chi connectivity index (χ1n) is 8.38. The van der Waals surface area contributed by atoms with Gasteiger partial charge in [-0.1, -0.05) is 36.7 Å². The highest BCUT2D eigenvalue weighted by Gasteiger charge is 2.28. The summed E-state index contributed by atoms with van der Waals surface area (Å²) in [5.74, 6) is -0.220. The van der Waals surface area contributed by atoms with E-state index in [2.05, 4.69) is 12.2 Å². The number of thiophene rings is 2. The molecule has 3 N–H and O–H groups in total.